The summed E-state index contributed by atoms with van der Waals surface area (Å²) in [5.41, 5.74) is 5.48. The lowest BCUT2D eigenvalue weighted by molar-refractivity contribution is -0.136. The van der Waals surface area contributed by atoms with E-state index in [2.05, 4.69) is 69.0 Å². The summed E-state index contributed by atoms with van der Waals surface area (Å²) in [6.07, 6.45) is -0.338. The number of hydrogen-bond acceptors (Lipinski definition) is 6. The maximum absolute atomic E-state index is 13.3. The third-order valence-corrected chi connectivity index (χ3v) is 8.16. The minimum atomic E-state index is -4.56. The zero-order chi connectivity index (χ0) is 33.5. The lowest BCUT2D eigenvalue weighted by Crippen LogP contribution is -2.36. The van der Waals surface area contributed by atoms with E-state index < -0.39 is 28.2 Å². The normalized spacial score (nSPS) is 11.9. The third-order valence-electron chi connectivity index (χ3n) is 7.29. The quantitative estimate of drug-likeness (QED) is 0.177. The Morgan fingerprint density at radius 2 is 1.23 bits per heavy atom. The molecule has 2 aromatic carbocycles. The van der Waals surface area contributed by atoms with Crippen molar-refractivity contribution in [1.29, 1.82) is 0 Å². The van der Waals surface area contributed by atoms with Crippen LogP contribution in [0, 0.1) is 0 Å². The van der Waals surface area contributed by atoms with Gasteiger partial charge in [0.2, 0.25) is 5.91 Å². The summed E-state index contributed by atoms with van der Waals surface area (Å²) in [6, 6.07) is 6.86. The molecule has 2 aromatic rings. The Morgan fingerprint density at radius 3 is 1.64 bits per heavy atom. The van der Waals surface area contributed by atoms with E-state index >= 15 is 0 Å². The van der Waals surface area contributed by atoms with Crippen molar-refractivity contribution in [3.63, 3.8) is 0 Å². The molecule has 244 valence electrons. The predicted molar refractivity (Wildman–Crippen MR) is 174 cm³/mol. The second kappa shape index (κ2) is 15.4. The number of nitrogens with one attached hydrogen (secondary N) is 3. The summed E-state index contributed by atoms with van der Waals surface area (Å²) in [4.78, 5) is 36.3. The van der Waals surface area contributed by atoms with E-state index in [1.807, 2.05) is 27.7 Å². The fourth-order valence-corrected chi connectivity index (χ4v) is 5.74. The van der Waals surface area contributed by atoms with Crippen LogP contribution in [0.1, 0.15) is 139 Å². The number of rotatable bonds is 14. The number of carbonyl (C=O) groups is 3. The number of benzene rings is 2. The zero-order valence-corrected chi connectivity index (χ0v) is 28.4. The van der Waals surface area contributed by atoms with Gasteiger partial charge in [-0.25, -0.2) is 9.52 Å². The maximum Gasteiger partial charge on any atom is 0.409 e. The third kappa shape index (κ3) is 10.2. The number of carboxylic acid groups (broad SMARTS) is 1. The van der Waals surface area contributed by atoms with Crippen molar-refractivity contribution in [2.45, 2.75) is 112 Å². The van der Waals surface area contributed by atoms with E-state index in [1.54, 1.807) is 12.1 Å². The van der Waals surface area contributed by atoms with Crippen LogP contribution in [0.5, 0.6) is 5.75 Å². The predicted octanol–water partition coefficient (Wildman–Crippen LogP) is 6.88. The average molecular weight is 632 g/mol. The number of aliphatic carboxylic acids is 1. The molecule has 2 rings (SSSR count). The summed E-state index contributed by atoms with van der Waals surface area (Å²) >= 11 is 0. The van der Waals surface area contributed by atoms with Crippen LogP contribution in [0.2, 0.25) is 0 Å². The Labute approximate surface area is 262 Å². The van der Waals surface area contributed by atoms with Crippen LogP contribution >= 0.6 is 0 Å². The van der Waals surface area contributed by atoms with Gasteiger partial charge in [-0.3, -0.25) is 9.59 Å². The van der Waals surface area contributed by atoms with Crippen LogP contribution in [0.15, 0.2) is 24.3 Å². The Kier molecular flexibility index (Phi) is 12.8. The fourth-order valence-electron chi connectivity index (χ4n) is 4.93. The molecule has 44 heavy (non-hydrogen) atoms. The zero-order valence-electron chi connectivity index (χ0n) is 27.6. The summed E-state index contributed by atoms with van der Waals surface area (Å²) < 4.78 is 34.3. The van der Waals surface area contributed by atoms with Gasteiger partial charge in [0.05, 0.1) is 12.8 Å². The highest BCUT2D eigenvalue weighted by Crippen LogP contribution is 2.38. The summed E-state index contributed by atoms with van der Waals surface area (Å²) in [7, 11) is -4.56. The lowest BCUT2D eigenvalue weighted by atomic mass is 9.83. The first-order chi connectivity index (χ1) is 20.3. The van der Waals surface area contributed by atoms with Gasteiger partial charge in [0, 0.05) is 23.4 Å². The van der Waals surface area contributed by atoms with Crippen molar-refractivity contribution in [3.8, 4) is 5.75 Å². The molecular formula is C33H49N3O7S. The first-order valence-corrected chi connectivity index (χ1v) is 16.6. The van der Waals surface area contributed by atoms with Crippen molar-refractivity contribution in [2.75, 3.05) is 11.9 Å². The van der Waals surface area contributed by atoms with Crippen LogP contribution in [-0.2, 0) is 26.3 Å². The monoisotopic (exact) mass is 631 g/mol. The van der Waals surface area contributed by atoms with Gasteiger partial charge in [0.25, 0.3) is 0 Å². The van der Waals surface area contributed by atoms with Gasteiger partial charge >= 0.3 is 22.3 Å². The van der Waals surface area contributed by atoms with Gasteiger partial charge in [-0.1, -0.05) is 81.4 Å². The van der Waals surface area contributed by atoms with Crippen molar-refractivity contribution in [1.82, 2.24) is 10.0 Å². The smallest absolute Gasteiger partial charge is 0.409 e. The second-order valence-corrected chi connectivity index (χ2v) is 14.0. The minimum Gasteiger partial charge on any atom is -0.481 e. The summed E-state index contributed by atoms with van der Waals surface area (Å²) in [5.74, 6) is -1.46. The molecule has 0 bridgehead atoms. The number of carboxylic acids is 1. The van der Waals surface area contributed by atoms with Crippen molar-refractivity contribution < 1.29 is 32.1 Å². The van der Waals surface area contributed by atoms with Gasteiger partial charge in [-0.15, -0.1) is 0 Å². The van der Waals surface area contributed by atoms with Gasteiger partial charge in [-0.05, 0) is 64.0 Å². The van der Waals surface area contributed by atoms with E-state index in [0.717, 1.165) is 16.7 Å². The molecular weight excluding hydrogens is 582 g/mol. The Bertz CT molecular complexity index is 1400. The van der Waals surface area contributed by atoms with E-state index in [0.29, 0.717) is 22.7 Å². The van der Waals surface area contributed by atoms with Crippen molar-refractivity contribution in [2.24, 2.45) is 0 Å². The minimum absolute atomic E-state index is 0.0480. The molecule has 0 aliphatic carbocycles. The topological polar surface area (TPSA) is 151 Å². The highest BCUT2D eigenvalue weighted by molar-refractivity contribution is 7.85. The fraction of sp³-hybridized carbons (Fsp3) is 0.545. The van der Waals surface area contributed by atoms with E-state index in [4.69, 9.17) is 9.29 Å². The van der Waals surface area contributed by atoms with Crippen LogP contribution < -0.4 is 19.5 Å². The molecule has 0 aliphatic heterocycles. The first kappa shape index (κ1) is 36.6. The molecule has 0 unspecified atom stereocenters. The molecule has 0 saturated heterocycles. The standard InChI is InChI=1S/C33H49N3O7S/c1-18(2)23-13-25(19(3)4)29(26(14-23)20(5)6)17-30(37)36-44(41,42)43-32-27(21(7)8)15-24(16-28(32)22(9)10)35-33(40)34-12-11-31(38)39/h13-16,18-22H,11-12,17H2,1-10H3,(H,36,37)(H,38,39)(H2,34,35,40). The van der Waals surface area contributed by atoms with Crippen LogP contribution in [0.25, 0.3) is 0 Å². The Hall–Kier alpha value is -3.60. The maximum atomic E-state index is 13.3. The summed E-state index contributed by atoms with van der Waals surface area (Å²) in [5, 5.41) is 14.0. The number of urea groups is 1. The molecule has 0 atom stereocenters. The van der Waals surface area contributed by atoms with E-state index in [-0.39, 0.29) is 48.8 Å². The van der Waals surface area contributed by atoms with E-state index in [9.17, 15) is 22.8 Å². The average Bonchev–Trinajstić information content (AvgIpc) is 2.87. The molecule has 0 aliphatic rings. The number of carbonyl (C=O) groups excluding carboxylic acids is 2. The molecule has 0 heterocycles. The molecule has 10 nitrogen and oxygen atoms in total. The molecule has 3 amide bonds. The lowest BCUT2D eigenvalue weighted by Gasteiger charge is -2.23. The first-order valence-electron chi connectivity index (χ1n) is 15.2. The van der Waals surface area contributed by atoms with Crippen LogP contribution in [0.3, 0.4) is 0 Å². The number of anilines is 1. The molecule has 0 radical (unpaired) electrons. The molecule has 0 fully saturated rings. The molecule has 4 N–H and O–H groups in total. The van der Waals surface area contributed by atoms with E-state index in [1.165, 1.54) is 5.56 Å². The van der Waals surface area contributed by atoms with Crippen LogP contribution in [-0.4, -0.2) is 38.0 Å². The van der Waals surface area contributed by atoms with Gasteiger partial charge in [-0.2, -0.15) is 8.42 Å². The number of hydrogen-bond donors (Lipinski definition) is 4. The van der Waals surface area contributed by atoms with Gasteiger partial charge in [0.15, 0.2) is 5.75 Å². The second-order valence-electron chi connectivity index (χ2n) is 12.7. The highest BCUT2D eigenvalue weighted by Gasteiger charge is 2.26. The molecule has 0 saturated carbocycles. The largest absolute Gasteiger partial charge is 0.481 e. The van der Waals surface area contributed by atoms with Crippen molar-refractivity contribution >= 4 is 33.9 Å². The molecule has 0 aromatic heterocycles. The van der Waals surface area contributed by atoms with Gasteiger partial charge < -0.3 is 19.9 Å². The number of amides is 3. The Morgan fingerprint density at radius 1 is 0.750 bits per heavy atom. The molecule has 11 heteroatoms. The van der Waals surface area contributed by atoms with Crippen LogP contribution in [0.4, 0.5) is 10.5 Å². The highest BCUT2D eigenvalue weighted by atomic mass is 32.2. The van der Waals surface area contributed by atoms with Crippen molar-refractivity contribution in [3.05, 3.63) is 57.6 Å². The van der Waals surface area contributed by atoms with Gasteiger partial charge in [0.1, 0.15) is 0 Å². The molecule has 0 spiro atoms. The Balaban J connectivity index is 2.40. The SMILES string of the molecule is CC(C)c1cc(C(C)C)c(CC(=O)NS(=O)(=O)Oc2c(C(C)C)cc(NC(=O)NCCC(=O)O)cc2C(C)C)c(C(C)C)c1. The summed E-state index contributed by atoms with van der Waals surface area (Å²) in [6.45, 7) is 19.9.